The van der Waals surface area contributed by atoms with Crippen LogP contribution in [0.4, 0.5) is 5.69 Å². The largest absolute Gasteiger partial charge is 0.423 e. The fraction of sp³-hybridized carbons (Fsp3) is 0.190. The first-order chi connectivity index (χ1) is 13.1. The number of nitrogens with one attached hydrogen (secondary N) is 1. The molecule has 1 N–H and O–H groups in total. The number of anilines is 1. The summed E-state index contributed by atoms with van der Waals surface area (Å²) in [5.74, 6) is -0.583. The van der Waals surface area contributed by atoms with Gasteiger partial charge >= 0.3 is 5.63 Å². The highest BCUT2D eigenvalue weighted by atomic mass is 16.4. The molecular formula is C21H18N2O4. The molecule has 136 valence electrons. The van der Waals surface area contributed by atoms with E-state index in [2.05, 4.69) is 5.32 Å². The fourth-order valence-corrected chi connectivity index (χ4v) is 3.30. The van der Waals surface area contributed by atoms with Crippen molar-refractivity contribution in [3.05, 3.63) is 76.6 Å². The maximum atomic E-state index is 12.6. The summed E-state index contributed by atoms with van der Waals surface area (Å²) in [6.45, 7) is 0.917. The second-order valence-corrected chi connectivity index (χ2v) is 6.66. The number of hydrogen-bond acceptors (Lipinski definition) is 4. The normalized spacial score (nSPS) is 16.7. The average molecular weight is 362 g/mol. The van der Waals surface area contributed by atoms with Crippen molar-refractivity contribution in [1.82, 2.24) is 4.90 Å². The van der Waals surface area contributed by atoms with Gasteiger partial charge in [0.15, 0.2) is 0 Å². The number of carbonyl (C=O) groups is 2. The molecule has 1 saturated heterocycles. The molecule has 6 nitrogen and oxygen atoms in total. The monoisotopic (exact) mass is 362 g/mol. The zero-order valence-corrected chi connectivity index (χ0v) is 14.6. The van der Waals surface area contributed by atoms with Crippen molar-refractivity contribution in [2.75, 3.05) is 11.9 Å². The summed E-state index contributed by atoms with van der Waals surface area (Å²) in [6, 6.07) is 17.8. The highest BCUT2D eigenvalue weighted by Gasteiger charge is 2.34. The predicted molar refractivity (Wildman–Crippen MR) is 101 cm³/mol. The lowest BCUT2D eigenvalue weighted by Crippen LogP contribution is -2.28. The number of nitrogens with zero attached hydrogens (tertiary/aromatic N) is 1. The molecule has 1 fully saturated rings. The van der Waals surface area contributed by atoms with Gasteiger partial charge in [0.2, 0.25) is 11.8 Å². The number of fused-ring (bicyclic) bond motifs is 1. The van der Waals surface area contributed by atoms with Crippen molar-refractivity contribution >= 4 is 28.5 Å². The Hall–Kier alpha value is -3.41. The molecule has 1 atom stereocenters. The number of rotatable bonds is 4. The second kappa shape index (κ2) is 7.07. The Morgan fingerprint density at radius 3 is 2.70 bits per heavy atom. The minimum atomic E-state index is -0.415. The van der Waals surface area contributed by atoms with E-state index in [1.165, 1.54) is 6.07 Å². The molecule has 0 bridgehead atoms. The van der Waals surface area contributed by atoms with Crippen LogP contribution in [0.15, 0.2) is 69.9 Å². The molecule has 2 heterocycles. The van der Waals surface area contributed by atoms with Crippen molar-refractivity contribution in [1.29, 1.82) is 0 Å². The molecule has 2 amide bonds. The van der Waals surface area contributed by atoms with Crippen LogP contribution in [0.25, 0.3) is 11.0 Å². The van der Waals surface area contributed by atoms with Crippen LogP contribution < -0.4 is 10.9 Å². The van der Waals surface area contributed by atoms with E-state index >= 15 is 0 Å². The molecule has 2 aromatic carbocycles. The summed E-state index contributed by atoms with van der Waals surface area (Å²) >= 11 is 0. The summed E-state index contributed by atoms with van der Waals surface area (Å²) in [5.41, 5.74) is 1.70. The lowest BCUT2D eigenvalue weighted by molar-refractivity contribution is -0.128. The second-order valence-electron chi connectivity index (χ2n) is 6.66. The Morgan fingerprint density at radius 1 is 1.07 bits per heavy atom. The maximum Gasteiger partial charge on any atom is 0.336 e. The van der Waals surface area contributed by atoms with Gasteiger partial charge in [-0.05, 0) is 29.8 Å². The molecule has 6 heteroatoms. The van der Waals surface area contributed by atoms with E-state index < -0.39 is 5.63 Å². The molecular weight excluding hydrogens is 344 g/mol. The van der Waals surface area contributed by atoms with Crippen molar-refractivity contribution in [2.24, 2.45) is 5.92 Å². The number of carbonyl (C=O) groups excluding carboxylic acids is 2. The quantitative estimate of drug-likeness (QED) is 0.724. The first-order valence-electron chi connectivity index (χ1n) is 8.75. The molecule has 4 rings (SSSR count). The Kier molecular flexibility index (Phi) is 4.46. The third-order valence-electron chi connectivity index (χ3n) is 4.69. The Morgan fingerprint density at radius 2 is 1.89 bits per heavy atom. The lowest BCUT2D eigenvalue weighted by Gasteiger charge is -2.16. The topological polar surface area (TPSA) is 79.6 Å². The zero-order valence-electron chi connectivity index (χ0n) is 14.6. The minimum absolute atomic E-state index is 0.0145. The first-order valence-corrected chi connectivity index (χ1v) is 8.75. The number of hydrogen-bond donors (Lipinski definition) is 1. The van der Waals surface area contributed by atoms with Crippen LogP contribution in [0.1, 0.15) is 12.0 Å². The van der Waals surface area contributed by atoms with Gasteiger partial charge < -0.3 is 14.6 Å². The number of benzene rings is 2. The Balaban J connectivity index is 1.43. The molecule has 1 aliphatic rings. The molecule has 3 aromatic rings. The smallest absolute Gasteiger partial charge is 0.336 e. The van der Waals surface area contributed by atoms with Crippen LogP contribution in [0.3, 0.4) is 0 Å². The predicted octanol–water partition coefficient (Wildman–Crippen LogP) is 2.78. The molecule has 0 aliphatic carbocycles. The maximum absolute atomic E-state index is 12.6. The minimum Gasteiger partial charge on any atom is -0.423 e. The van der Waals surface area contributed by atoms with E-state index in [9.17, 15) is 14.4 Å². The summed E-state index contributed by atoms with van der Waals surface area (Å²) in [4.78, 5) is 37.8. The van der Waals surface area contributed by atoms with Crippen molar-refractivity contribution in [3.63, 3.8) is 0 Å². The standard InChI is InChI=1S/C21H18N2O4/c24-19-11-16(13-23(19)12-14-4-2-1-3-5-14)21(26)22-17-7-8-18-15(10-17)6-9-20(25)27-18/h1-10,16H,11-13H2,(H,22,26). The van der Waals surface area contributed by atoms with Crippen LogP contribution in [0.5, 0.6) is 0 Å². The van der Waals surface area contributed by atoms with Gasteiger partial charge in [0, 0.05) is 36.7 Å². The van der Waals surface area contributed by atoms with Crippen molar-refractivity contribution in [3.8, 4) is 0 Å². The number of amides is 2. The van der Waals surface area contributed by atoms with Crippen LogP contribution in [0.2, 0.25) is 0 Å². The van der Waals surface area contributed by atoms with Crippen molar-refractivity contribution in [2.45, 2.75) is 13.0 Å². The molecule has 1 unspecified atom stereocenters. The van der Waals surface area contributed by atoms with E-state index in [1.54, 1.807) is 29.2 Å². The summed E-state index contributed by atoms with van der Waals surface area (Å²) in [7, 11) is 0. The van der Waals surface area contributed by atoms with E-state index in [0.29, 0.717) is 24.4 Å². The molecule has 0 spiro atoms. The van der Waals surface area contributed by atoms with Crippen LogP contribution in [0, 0.1) is 5.92 Å². The van der Waals surface area contributed by atoms with E-state index in [0.717, 1.165) is 10.9 Å². The summed E-state index contributed by atoms with van der Waals surface area (Å²) in [5, 5.41) is 3.58. The third-order valence-corrected chi connectivity index (χ3v) is 4.69. The molecule has 1 aliphatic heterocycles. The van der Waals surface area contributed by atoms with E-state index in [1.807, 2.05) is 30.3 Å². The van der Waals surface area contributed by atoms with Gasteiger partial charge in [0.1, 0.15) is 5.58 Å². The van der Waals surface area contributed by atoms with Crippen molar-refractivity contribution < 1.29 is 14.0 Å². The Labute approximate surface area is 155 Å². The zero-order chi connectivity index (χ0) is 18.8. The molecule has 0 saturated carbocycles. The van der Waals surface area contributed by atoms with E-state index in [4.69, 9.17) is 4.42 Å². The van der Waals surface area contributed by atoms with E-state index in [-0.39, 0.29) is 24.2 Å². The van der Waals surface area contributed by atoms with Crippen LogP contribution in [-0.2, 0) is 16.1 Å². The number of likely N-dealkylation sites (tertiary alicyclic amines) is 1. The fourth-order valence-electron chi connectivity index (χ4n) is 3.30. The first kappa shape index (κ1) is 17.0. The third kappa shape index (κ3) is 3.74. The van der Waals surface area contributed by atoms with Gasteiger partial charge in [-0.1, -0.05) is 30.3 Å². The van der Waals surface area contributed by atoms with Gasteiger partial charge in [-0.15, -0.1) is 0 Å². The SMILES string of the molecule is O=C(Nc1ccc2oc(=O)ccc2c1)C1CC(=O)N(Cc2ccccc2)C1. The summed E-state index contributed by atoms with van der Waals surface area (Å²) in [6.07, 6.45) is 0.209. The molecule has 27 heavy (non-hydrogen) atoms. The van der Waals surface area contributed by atoms with Crippen LogP contribution in [-0.4, -0.2) is 23.3 Å². The van der Waals surface area contributed by atoms with Gasteiger partial charge in [-0.3, -0.25) is 9.59 Å². The Bertz CT molecular complexity index is 1060. The lowest BCUT2D eigenvalue weighted by atomic mass is 10.1. The average Bonchev–Trinajstić information content (AvgIpc) is 3.03. The van der Waals surface area contributed by atoms with Gasteiger partial charge in [0.25, 0.3) is 0 Å². The van der Waals surface area contributed by atoms with Gasteiger partial charge in [-0.2, -0.15) is 0 Å². The molecule has 1 aromatic heterocycles. The summed E-state index contributed by atoms with van der Waals surface area (Å²) < 4.78 is 5.09. The van der Waals surface area contributed by atoms with Gasteiger partial charge in [0.05, 0.1) is 5.92 Å². The van der Waals surface area contributed by atoms with Crippen LogP contribution >= 0.6 is 0 Å². The highest BCUT2D eigenvalue weighted by Crippen LogP contribution is 2.23. The van der Waals surface area contributed by atoms with Gasteiger partial charge in [-0.25, -0.2) is 4.79 Å². The highest BCUT2D eigenvalue weighted by molar-refractivity contribution is 5.98. The molecule has 0 radical (unpaired) electrons.